The lowest BCUT2D eigenvalue weighted by Crippen LogP contribution is -2.49. The van der Waals surface area contributed by atoms with Crippen LogP contribution in [0.15, 0.2) is 48.7 Å². The molecule has 0 spiro atoms. The molecule has 2 amide bonds. The fourth-order valence-corrected chi connectivity index (χ4v) is 3.26. The Bertz CT molecular complexity index is 1150. The number of para-hydroxylation sites is 2. The summed E-state index contributed by atoms with van der Waals surface area (Å²) in [5.41, 5.74) is 0.306. The number of hydrogen-bond donors (Lipinski definition) is 0. The molecule has 0 atom stereocenters. The van der Waals surface area contributed by atoms with Gasteiger partial charge in [-0.2, -0.15) is 0 Å². The van der Waals surface area contributed by atoms with Gasteiger partial charge in [0.25, 0.3) is 5.88 Å². The van der Waals surface area contributed by atoms with Gasteiger partial charge in [0.05, 0.1) is 39.8 Å². The van der Waals surface area contributed by atoms with Crippen molar-refractivity contribution in [2.75, 3.05) is 31.3 Å². The summed E-state index contributed by atoms with van der Waals surface area (Å²) in [7, 11) is 4.17. The molecule has 0 radical (unpaired) electrons. The molecule has 0 bridgehead atoms. The Labute approximate surface area is 182 Å². The van der Waals surface area contributed by atoms with E-state index in [-0.39, 0.29) is 35.2 Å². The molecular weight excluding hydrogens is 424 g/mol. The van der Waals surface area contributed by atoms with Gasteiger partial charge in [0, 0.05) is 23.8 Å². The average molecular weight is 443 g/mol. The number of methoxy groups -OCH3 is 3. The minimum absolute atomic E-state index is 0.0375. The summed E-state index contributed by atoms with van der Waals surface area (Å²) in [6, 6.07) is 9.62. The fraction of sp³-hybridized carbons (Fsp3) is 0.182. The Kier molecular flexibility index (Phi) is 5.67. The van der Waals surface area contributed by atoms with Gasteiger partial charge in [-0.15, -0.1) is 5.06 Å². The number of ether oxygens (including phenoxy) is 3. The van der Waals surface area contributed by atoms with Gasteiger partial charge >= 0.3 is 6.03 Å². The second-order valence-corrected chi connectivity index (χ2v) is 6.70. The Morgan fingerprint density at radius 1 is 1.00 bits per heavy atom. The van der Waals surface area contributed by atoms with Crippen molar-refractivity contribution in [2.24, 2.45) is 0 Å². The Morgan fingerprint density at radius 2 is 1.72 bits per heavy atom. The van der Waals surface area contributed by atoms with E-state index in [9.17, 15) is 13.6 Å². The number of rotatable bonds is 6. The van der Waals surface area contributed by atoms with Crippen LogP contribution in [0.25, 0.3) is 0 Å². The van der Waals surface area contributed by atoms with E-state index in [2.05, 4.69) is 4.98 Å². The molecule has 2 heterocycles. The Morgan fingerprint density at radius 3 is 2.38 bits per heavy atom. The van der Waals surface area contributed by atoms with Crippen molar-refractivity contribution >= 4 is 17.4 Å². The van der Waals surface area contributed by atoms with Gasteiger partial charge in [-0.1, -0.05) is 12.1 Å². The van der Waals surface area contributed by atoms with Gasteiger partial charge in [-0.05, 0) is 12.1 Å². The molecule has 1 aliphatic rings. The predicted molar refractivity (Wildman–Crippen MR) is 111 cm³/mol. The van der Waals surface area contributed by atoms with Crippen molar-refractivity contribution in [3.05, 3.63) is 65.9 Å². The number of carbonyl (C=O) groups excluding carboxylic acids is 1. The minimum atomic E-state index is -0.835. The number of hydroxylamine groups is 1. The van der Waals surface area contributed by atoms with Gasteiger partial charge in [0.15, 0.2) is 11.5 Å². The number of anilines is 2. The summed E-state index contributed by atoms with van der Waals surface area (Å²) in [6.45, 7) is -0.377. The molecule has 4 rings (SSSR count). The first-order chi connectivity index (χ1) is 15.5. The number of pyridine rings is 1. The summed E-state index contributed by atoms with van der Waals surface area (Å²) < 4.78 is 44.5. The number of urea groups is 1. The molecule has 8 nitrogen and oxygen atoms in total. The third-order valence-corrected chi connectivity index (χ3v) is 4.87. The normalized spacial score (nSPS) is 12.8. The summed E-state index contributed by atoms with van der Waals surface area (Å²) >= 11 is 0. The van der Waals surface area contributed by atoms with Crippen molar-refractivity contribution in [2.45, 2.75) is 6.54 Å². The highest BCUT2D eigenvalue weighted by molar-refractivity contribution is 6.05. The molecule has 0 saturated heterocycles. The monoisotopic (exact) mass is 443 g/mol. The van der Waals surface area contributed by atoms with Crippen LogP contribution in [0.1, 0.15) is 5.56 Å². The van der Waals surface area contributed by atoms with Crippen LogP contribution < -0.4 is 29.0 Å². The first-order valence-electron chi connectivity index (χ1n) is 9.45. The van der Waals surface area contributed by atoms with E-state index in [4.69, 9.17) is 19.0 Å². The van der Waals surface area contributed by atoms with Gasteiger partial charge in [0.1, 0.15) is 23.1 Å². The number of carbonyl (C=O) groups is 1. The first-order valence-corrected chi connectivity index (χ1v) is 9.45. The van der Waals surface area contributed by atoms with Gasteiger partial charge < -0.3 is 19.0 Å². The average Bonchev–Trinajstić information content (AvgIpc) is 2.81. The molecule has 1 aromatic heterocycles. The third kappa shape index (κ3) is 3.70. The lowest BCUT2D eigenvalue weighted by molar-refractivity contribution is 0.211. The predicted octanol–water partition coefficient (Wildman–Crippen LogP) is 4.33. The number of fused-ring (bicyclic) bond motifs is 1. The van der Waals surface area contributed by atoms with E-state index < -0.39 is 17.7 Å². The number of aromatic nitrogens is 1. The molecule has 0 fully saturated rings. The van der Waals surface area contributed by atoms with Crippen LogP contribution in [-0.4, -0.2) is 32.3 Å². The van der Waals surface area contributed by atoms with E-state index in [0.717, 1.165) is 17.2 Å². The maximum atomic E-state index is 14.6. The van der Waals surface area contributed by atoms with Crippen molar-refractivity contribution in [1.29, 1.82) is 0 Å². The maximum Gasteiger partial charge on any atom is 0.362 e. The zero-order valence-electron chi connectivity index (χ0n) is 17.5. The largest absolute Gasteiger partial charge is 0.497 e. The lowest BCUT2D eigenvalue weighted by Gasteiger charge is -2.36. The number of hydrogen-bond acceptors (Lipinski definition) is 6. The fourth-order valence-electron chi connectivity index (χ4n) is 3.26. The smallest absolute Gasteiger partial charge is 0.362 e. The zero-order chi connectivity index (χ0) is 22.8. The van der Waals surface area contributed by atoms with Crippen LogP contribution in [0.3, 0.4) is 0 Å². The molecule has 0 aliphatic carbocycles. The highest BCUT2D eigenvalue weighted by atomic mass is 19.1. The topological polar surface area (TPSA) is 73.4 Å². The van der Waals surface area contributed by atoms with Crippen molar-refractivity contribution < 1.29 is 32.6 Å². The highest BCUT2D eigenvalue weighted by Crippen LogP contribution is 2.38. The Balaban J connectivity index is 1.76. The molecule has 10 heteroatoms. The summed E-state index contributed by atoms with van der Waals surface area (Å²) in [5, 5.41) is 0.969. The number of benzene rings is 2. The molecule has 1 aliphatic heterocycles. The molecule has 0 unspecified atom stereocenters. The zero-order valence-corrected chi connectivity index (χ0v) is 17.5. The molecule has 32 heavy (non-hydrogen) atoms. The van der Waals surface area contributed by atoms with Crippen LogP contribution in [-0.2, 0) is 6.54 Å². The number of nitrogens with zero attached hydrogens (tertiary/aromatic N) is 3. The van der Waals surface area contributed by atoms with E-state index >= 15 is 0 Å². The molecular formula is C22H19F2N3O5. The maximum absolute atomic E-state index is 14.6. The van der Waals surface area contributed by atoms with E-state index in [1.54, 1.807) is 24.3 Å². The molecule has 0 N–H and O–H groups in total. The van der Waals surface area contributed by atoms with Crippen molar-refractivity contribution in [1.82, 2.24) is 4.98 Å². The van der Waals surface area contributed by atoms with Crippen LogP contribution in [0.2, 0.25) is 0 Å². The number of amides is 2. The second-order valence-electron chi connectivity index (χ2n) is 6.70. The summed E-state index contributed by atoms with van der Waals surface area (Å²) in [6.07, 6.45) is 1.36. The third-order valence-electron chi connectivity index (χ3n) is 4.87. The van der Waals surface area contributed by atoms with Crippen molar-refractivity contribution in [3.63, 3.8) is 0 Å². The molecule has 0 saturated carbocycles. The SMILES string of the molecule is COc1cc(F)c(CN2C(=O)N(c3cnc(OC)c(OC)c3)Oc3ccccc32)c(F)c1. The van der Waals surface area contributed by atoms with E-state index in [0.29, 0.717) is 11.4 Å². The van der Waals surface area contributed by atoms with E-state index in [1.807, 2.05) is 0 Å². The molecule has 166 valence electrons. The van der Waals surface area contributed by atoms with Gasteiger partial charge in [-0.25, -0.2) is 18.6 Å². The quantitative estimate of drug-likeness (QED) is 0.565. The van der Waals surface area contributed by atoms with Crippen molar-refractivity contribution in [3.8, 4) is 23.1 Å². The van der Waals surface area contributed by atoms with E-state index in [1.165, 1.54) is 38.5 Å². The highest BCUT2D eigenvalue weighted by Gasteiger charge is 2.35. The van der Waals surface area contributed by atoms with Crippen LogP contribution >= 0.6 is 0 Å². The Hall–Kier alpha value is -4.08. The standard InChI is InChI=1S/C22H19F2N3O5/c1-29-14-9-16(23)15(17(24)10-14)12-26-18-6-4-5-7-19(18)32-27(22(26)28)13-8-20(30-2)21(31-3)25-11-13/h4-11H,12H2,1-3H3. The number of halogens is 2. The first kappa shape index (κ1) is 21.2. The van der Waals surface area contributed by atoms with Crippen LogP contribution in [0.5, 0.6) is 23.1 Å². The molecule has 2 aromatic carbocycles. The lowest BCUT2D eigenvalue weighted by atomic mass is 10.1. The van der Waals surface area contributed by atoms with Gasteiger partial charge in [-0.3, -0.25) is 4.90 Å². The molecule has 3 aromatic rings. The second kappa shape index (κ2) is 8.58. The summed E-state index contributed by atoms with van der Waals surface area (Å²) in [4.78, 5) is 24.4. The minimum Gasteiger partial charge on any atom is -0.497 e. The van der Waals surface area contributed by atoms with Gasteiger partial charge in [0.2, 0.25) is 0 Å². The summed E-state index contributed by atoms with van der Waals surface area (Å²) in [5.74, 6) is -0.818. The van der Waals surface area contributed by atoms with Crippen LogP contribution in [0, 0.1) is 11.6 Å². The van der Waals surface area contributed by atoms with Crippen LogP contribution in [0.4, 0.5) is 25.0 Å².